The van der Waals surface area contributed by atoms with E-state index in [0.717, 1.165) is 19.3 Å². The summed E-state index contributed by atoms with van der Waals surface area (Å²) in [5.74, 6) is -0.958. The van der Waals surface area contributed by atoms with Gasteiger partial charge in [0.15, 0.2) is 0 Å². The highest BCUT2D eigenvalue weighted by Gasteiger charge is 2.40. The molecule has 3 atom stereocenters. The minimum Gasteiger partial charge on any atom is -0.345 e. The van der Waals surface area contributed by atoms with Crippen molar-refractivity contribution in [2.75, 3.05) is 0 Å². The van der Waals surface area contributed by atoms with Gasteiger partial charge in [0.2, 0.25) is 5.82 Å². The lowest BCUT2D eigenvalue weighted by Crippen LogP contribution is -2.43. The quantitative estimate of drug-likeness (QED) is 0.815. The SMILES string of the molecule is O=C(NC1CC2CCC1N2)c1ncc(C(F)(F)F)c(Cl)n1. The van der Waals surface area contributed by atoms with Crippen molar-refractivity contribution in [1.82, 2.24) is 20.6 Å². The third kappa shape index (κ3) is 2.82. The molecule has 2 saturated heterocycles. The van der Waals surface area contributed by atoms with Crippen LogP contribution in [0.2, 0.25) is 5.15 Å². The van der Waals surface area contributed by atoms with Crippen LogP contribution in [0.1, 0.15) is 35.4 Å². The summed E-state index contributed by atoms with van der Waals surface area (Å²) in [7, 11) is 0. The number of carbonyl (C=O) groups is 1. The molecule has 1 aromatic rings. The maximum Gasteiger partial charge on any atom is 0.420 e. The van der Waals surface area contributed by atoms with Crippen molar-refractivity contribution in [1.29, 1.82) is 0 Å². The second kappa shape index (κ2) is 5.10. The number of amides is 1. The fourth-order valence-corrected chi connectivity index (χ4v) is 3.11. The molecule has 0 aliphatic carbocycles. The molecule has 0 spiro atoms. The van der Waals surface area contributed by atoms with Crippen LogP contribution in [-0.2, 0) is 6.18 Å². The molecule has 1 aromatic heterocycles. The molecular formula is C12H12ClF3N4O. The van der Waals surface area contributed by atoms with Crippen molar-refractivity contribution < 1.29 is 18.0 Å². The van der Waals surface area contributed by atoms with E-state index in [1.807, 2.05) is 0 Å². The van der Waals surface area contributed by atoms with Crippen molar-refractivity contribution in [3.05, 3.63) is 22.7 Å². The number of fused-ring (bicyclic) bond motifs is 2. The first-order chi connectivity index (χ1) is 9.84. The molecule has 3 heterocycles. The number of aromatic nitrogens is 2. The van der Waals surface area contributed by atoms with Gasteiger partial charge >= 0.3 is 6.18 Å². The number of rotatable bonds is 2. The maximum atomic E-state index is 12.5. The minimum absolute atomic E-state index is 0.0408. The summed E-state index contributed by atoms with van der Waals surface area (Å²) in [5.41, 5.74) is -1.15. The third-order valence-corrected chi connectivity index (χ3v) is 4.16. The molecular weight excluding hydrogens is 309 g/mol. The van der Waals surface area contributed by atoms with Crippen LogP contribution < -0.4 is 10.6 Å². The van der Waals surface area contributed by atoms with E-state index in [4.69, 9.17) is 11.6 Å². The monoisotopic (exact) mass is 320 g/mol. The molecule has 0 saturated carbocycles. The molecule has 5 nitrogen and oxygen atoms in total. The van der Waals surface area contributed by atoms with Gasteiger partial charge in [0.1, 0.15) is 10.7 Å². The number of halogens is 4. The minimum atomic E-state index is -4.64. The number of nitrogens with zero attached hydrogens (tertiary/aromatic N) is 2. The van der Waals surface area contributed by atoms with E-state index in [1.165, 1.54) is 0 Å². The summed E-state index contributed by atoms with van der Waals surface area (Å²) >= 11 is 5.47. The summed E-state index contributed by atoms with van der Waals surface area (Å²) in [5, 5.41) is 5.32. The van der Waals surface area contributed by atoms with Gasteiger partial charge in [0.05, 0.1) is 0 Å². The number of hydrogen-bond acceptors (Lipinski definition) is 4. The Morgan fingerprint density at radius 1 is 1.43 bits per heavy atom. The lowest BCUT2D eigenvalue weighted by molar-refractivity contribution is -0.138. The molecule has 21 heavy (non-hydrogen) atoms. The fraction of sp³-hybridized carbons (Fsp3) is 0.583. The van der Waals surface area contributed by atoms with Crippen LogP contribution in [0.4, 0.5) is 13.2 Å². The fourth-order valence-electron chi connectivity index (χ4n) is 2.88. The normalized spacial score (nSPS) is 27.9. The summed E-state index contributed by atoms with van der Waals surface area (Å²) < 4.78 is 37.6. The topological polar surface area (TPSA) is 66.9 Å². The molecule has 3 rings (SSSR count). The molecule has 114 valence electrons. The third-order valence-electron chi connectivity index (χ3n) is 3.87. The van der Waals surface area contributed by atoms with Crippen LogP contribution in [0, 0.1) is 0 Å². The zero-order valence-electron chi connectivity index (χ0n) is 10.7. The Hall–Kier alpha value is -1.41. The van der Waals surface area contributed by atoms with Crippen LogP contribution in [0.25, 0.3) is 0 Å². The van der Waals surface area contributed by atoms with E-state index in [-0.39, 0.29) is 17.9 Å². The molecule has 9 heteroatoms. The average molecular weight is 321 g/mol. The van der Waals surface area contributed by atoms with Gasteiger partial charge in [-0.1, -0.05) is 11.6 Å². The lowest BCUT2D eigenvalue weighted by atomic mass is 9.95. The van der Waals surface area contributed by atoms with Gasteiger partial charge in [-0.3, -0.25) is 4.79 Å². The average Bonchev–Trinajstić information content (AvgIpc) is 2.99. The highest BCUT2D eigenvalue weighted by molar-refractivity contribution is 6.30. The van der Waals surface area contributed by atoms with Crippen LogP contribution in [-0.4, -0.2) is 34.0 Å². The van der Waals surface area contributed by atoms with E-state index in [0.29, 0.717) is 12.2 Å². The second-order valence-corrected chi connectivity index (χ2v) is 5.62. The molecule has 2 N–H and O–H groups in total. The number of alkyl halides is 3. The van der Waals surface area contributed by atoms with E-state index in [2.05, 4.69) is 20.6 Å². The van der Waals surface area contributed by atoms with Crippen LogP contribution in [0.3, 0.4) is 0 Å². The molecule has 2 aliphatic heterocycles. The van der Waals surface area contributed by atoms with Crippen LogP contribution in [0.15, 0.2) is 6.20 Å². The van der Waals surface area contributed by atoms with Gasteiger partial charge in [-0.05, 0) is 19.3 Å². The van der Waals surface area contributed by atoms with Crippen molar-refractivity contribution in [3.8, 4) is 0 Å². The van der Waals surface area contributed by atoms with E-state index < -0.39 is 22.8 Å². The van der Waals surface area contributed by atoms with Crippen molar-refractivity contribution in [2.24, 2.45) is 0 Å². The smallest absolute Gasteiger partial charge is 0.345 e. The Bertz CT molecular complexity index is 580. The maximum absolute atomic E-state index is 12.5. The van der Waals surface area contributed by atoms with Crippen LogP contribution in [0.5, 0.6) is 0 Å². The summed E-state index contributed by atoms with van der Waals surface area (Å²) in [6.07, 6.45) is -1.24. The largest absolute Gasteiger partial charge is 0.420 e. The van der Waals surface area contributed by atoms with Crippen molar-refractivity contribution >= 4 is 17.5 Å². The Morgan fingerprint density at radius 2 is 2.19 bits per heavy atom. The predicted molar refractivity (Wildman–Crippen MR) is 67.9 cm³/mol. The van der Waals surface area contributed by atoms with E-state index >= 15 is 0 Å². The van der Waals surface area contributed by atoms with Gasteiger partial charge in [-0.25, -0.2) is 9.97 Å². The Morgan fingerprint density at radius 3 is 2.71 bits per heavy atom. The van der Waals surface area contributed by atoms with Gasteiger partial charge in [-0.15, -0.1) is 0 Å². The molecule has 1 amide bonds. The summed E-state index contributed by atoms with van der Waals surface area (Å²) in [4.78, 5) is 18.9. The first-order valence-electron chi connectivity index (χ1n) is 6.51. The Kier molecular flexibility index (Phi) is 3.53. The Balaban J connectivity index is 1.72. The summed E-state index contributed by atoms with van der Waals surface area (Å²) in [6, 6.07) is 0.571. The summed E-state index contributed by atoms with van der Waals surface area (Å²) in [6.45, 7) is 0. The number of hydrogen-bond donors (Lipinski definition) is 2. The second-order valence-electron chi connectivity index (χ2n) is 5.26. The van der Waals surface area contributed by atoms with E-state index in [9.17, 15) is 18.0 Å². The Labute approximate surface area is 123 Å². The highest BCUT2D eigenvalue weighted by atomic mass is 35.5. The van der Waals surface area contributed by atoms with Crippen LogP contribution >= 0.6 is 11.6 Å². The number of nitrogens with one attached hydrogen (secondary N) is 2. The van der Waals surface area contributed by atoms with Gasteiger partial charge < -0.3 is 10.6 Å². The number of carbonyl (C=O) groups excluding carboxylic acids is 1. The highest BCUT2D eigenvalue weighted by Crippen LogP contribution is 2.33. The first-order valence-corrected chi connectivity index (χ1v) is 6.89. The molecule has 3 unspecified atom stereocenters. The van der Waals surface area contributed by atoms with Gasteiger partial charge in [0, 0.05) is 24.3 Å². The zero-order chi connectivity index (χ0) is 15.2. The zero-order valence-corrected chi connectivity index (χ0v) is 11.5. The van der Waals surface area contributed by atoms with Gasteiger partial charge in [0.25, 0.3) is 5.91 Å². The molecule has 0 aromatic carbocycles. The molecule has 2 aliphatic rings. The lowest BCUT2D eigenvalue weighted by Gasteiger charge is -2.21. The first kappa shape index (κ1) is 14.5. The van der Waals surface area contributed by atoms with Gasteiger partial charge in [-0.2, -0.15) is 13.2 Å². The predicted octanol–water partition coefficient (Wildman–Crippen LogP) is 1.77. The van der Waals surface area contributed by atoms with Crippen molar-refractivity contribution in [2.45, 2.75) is 43.6 Å². The standard InChI is InChI=1S/C12H12ClF3N4O/c13-9-6(12(14,15)16)4-17-10(20-9)11(21)19-8-3-5-1-2-7(8)18-5/h4-5,7-8,18H,1-3H2,(H,19,21). The molecule has 0 radical (unpaired) electrons. The van der Waals surface area contributed by atoms with Crippen molar-refractivity contribution in [3.63, 3.8) is 0 Å². The van der Waals surface area contributed by atoms with E-state index in [1.54, 1.807) is 0 Å². The molecule has 2 bridgehead atoms. The molecule has 2 fully saturated rings.